The molecule has 0 unspecified atom stereocenters. The maximum atomic E-state index is 12.3. The van der Waals surface area contributed by atoms with Crippen LogP contribution in [0.15, 0.2) is 18.2 Å². The third-order valence-corrected chi connectivity index (χ3v) is 3.84. The molecule has 5 nitrogen and oxygen atoms in total. The molecule has 0 bridgehead atoms. The van der Waals surface area contributed by atoms with Gasteiger partial charge < -0.3 is 14.9 Å². The van der Waals surface area contributed by atoms with Crippen LogP contribution in [0, 0.1) is 0 Å². The van der Waals surface area contributed by atoms with Crippen molar-refractivity contribution < 1.29 is 24.5 Å². The smallest absolute Gasteiger partial charge is 0.342 e. The van der Waals surface area contributed by atoms with Crippen LogP contribution >= 0.6 is 0 Å². The predicted octanol–water partition coefficient (Wildman–Crippen LogP) is 3.58. The summed E-state index contributed by atoms with van der Waals surface area (Å²) in [6, 6.07) is 2.54. The topological polar surface area (TPSA) is 83.8 Å². The first-order valence-electron chi connectivity index (χ1n) is 7.92. The molecule has 2 rings (SSSR count). The molecular weight excluding hydrogens is 314 g/mol. The molecule has 0 fully saturated rings. The number of hydrogen-bond donors (Lipinski definition) is 2. The molecule has 0 aromatic heterocycles. The SMILES string of the molecule is [13CH3][13C@H]1[13CH2][13CH2][13CH2][13C](=O)[13CH2][13CH2][13CH2]/[13CH]=[13CH]\[13c]2[13cH][13c](O)[13cH][13c](O)[13c]2[13C](=O)O1. The molecular formula is C18H22O5. The number of fused-ring (bicyclic) bond motifs is 1. The Morgan fingerprint density at radius 3 is 2.65 bits per heavy atom. The highest BCUT2D eigenvalue weighted by molar-refractivity contribution is 5.97. The van der Waals surface area contributed by atoms with Crippen LogP contribution in [-0.4, -0.2) is 28.1 Å². The number of esters is 1. The van der Waals surface area contributed by atoms with Crippen LogP contribution in [0.5, 0.6) is 11.5 Å². The van der Waals surface area contributed by atoms with E-state index in [4.69, 9.17) is 4.74 Å². The monoisotopic (exact) mass is 336 g/mol. The van der Waals surface area contributed by atoms with E-state index < -0.39 is 5.97 Å². The maximum absolute atomic E-state index is 12.3. The van der Waals surface area contributed by atoms with Crippen LogP contribution in [0.3, 0.4) is 0 Å². The van der Waals surface area contributed by atoms with Gasteiger partial charge in [-0.1, -0.05) is 12.2 Å². The number of hydrogen-bond acceptors (Lipinski definition) is 5. The van der Waals surface area contributed by atoms with E-state index in [0.717, 1.165) is 12.5 Å². The molecule has 5 heteroatoms. The van der Waals surface area contributed by atoms with E-state index in [9.17, 15) is 19.8 Å². The van der Waals surface area contributed by atoms with Gasteiger partial charge in [-0.25, -0.2) is 4.79 Å². The number of aromatic hydroxyl groups is 2. The Labute approximate surface area is 135 Å². The summed E-state index contributed by atoms with van der Waals surface area (Å²) >= 11 is 0. The molecule has 1 aliphatic rings. The number of rotatable bonds is 0. The molecule has 2 N–H and O–H groups in total. The largest absolute Gasteiger partial charge is 0.508 e. The number of benzene rings is 1. The Kier molecular flexibility index (Phi) is 5.79. The average molecular weight is 336 g/mol. The summed E-state index contributed by atoms with van der Waals surface area (Å²) in [7, 11) is 0. The van der Waals surface area contributed by atoms with E-state index >= 15 is 0 Å². The molecule has 23 heavy (non-hydrogen) atoms. The minimum atomic E-state index is -0.627. The zero-order chi connectivity index (χ0) is 16.8. The van der Waals surface area contributed by atoms with E-state index in [1.807, 2.05) is 6.08 Å². The number of phenols is 2. The molecule has 124 valence electrons. The van der Waals surface area contributed by atoms with Crippen molar-refractivity contribution in [3.8, 4) is 11.5 Å². The standard InChI is InChI=1S/C18H22O5/c1-12-6-5-9-14(19)8-4-2-3-7-13-10-15(20)11-16(21)17(13)18(22)23-12/h3,7,10-12,20-21H,2,4-6,8-9H2,1H3/b7-3-/t12-/m0/s1/i1+1,2+1,3+1,4+1,5+1,6+1,7+1,8+1,9+1,10+1,11+1,12+1,13+1,14+1,15+1,16+1,17+1,18+1. The minimum absolute atomic E-state index is 0.0547. The van der Waals surface area contributed by atoms with E-state index in [2.05, 4.69) is 0 Å². The molecule has 1 aromatic rings. The normalized spacial score (nSPS) is 21.9. The van der Waals surface area contributed by atoms with Gasteiger partial charge in [0.1, 0.15) is 22.8 Å². The summed E-state index contributed by atoms with van der Waals surface area (Å²) in [5.41, 5.74) is 0.460. The molecule has 1 heterocycles. The number of ether oxygens (including phenoxy) is 1. The Morgan fingerprint density at radius 2 is 1.87 bits per heavy atom. The molecule has 1 aromatic carbocycles. The fourth-order valence-corrected chi connectivity index (χ4v) is 2.63. The van der Waals surface area contributed by atoms with Crippen molar-refractivity contribution in [2.24, 2.45) is 0 Å². The molecule has 1 atom stereocenters. The number of carbonyl (C=O) groups is 2. The Balaban J connectivity index is 2.32. The third-order valence-electron chi connectivity index (χ3n) is 3.84. The van der Waals surface area contributed by atoms with Crippen molar-refractivity contribution in [1.29, 1.82) is 0 Å². The predicted molar refractivity (Wildman–Crippen MR) is 86.4 cm³/mol. The zero-order valence-electron chi connectivity index (χ0n) is 13.2. The second-order valence-corrected chi connectivity index (χ2v) is 5.87. The molecule has 0 aliphatic carbocycles. The van der Waals surface area contributed by atoms with E-state index in [-0.39, 0.29) is 28.9 Å². The average Bonchev–Trinajstić information content (AvgIpc) is 2.45. The first kappa shape index (κ1) is 17.1. The highest BCUT2D eigenvalue weighted by Crippen LogP contribution is 2.29. The first-order chi connectivity index (χ1) is 11.0. The fourth-order valence-electron chi connectivity index (χ4n) is 2.63. The van der Waals surface area contributed by atoms with Crippen molar-refractivity contribution in [3.63, 3.8) is 0 Å². The highest BCUT2D eigenvalue weighted by Gasteiger charge is 2.20. The lowest BCUT2D eigenvalue weighted by atomic mass is 11.0. The summed E-state index contributed by atoms with van der Waals surface area (Å²) in [5, 5.41) is 19.6. The highest BCUT2D eigenvalue weighted by atomic mass is 16.7. The van der Waals surface area contributed by atoms with Gasteiger partial charge in [-0.2, -0.15) is 0 Å². The minimum Gasteiger partial charge on any atom is -0.508 e. The van der Waals surface area contributed by atoms with Crippen molar-refractivity contribution in [2.75, 3.05) is 0 Å². The maximum Gasteiger partial charge on any atom is 0.342 e. The van der Waals surface area contributed by atoms with Gasteiger partial charge in [0, 0.05) is 18.9 Å². The van der Waals surface area contributed by atoms with E-state index in [1.165, 1.54) is 6.07 Å². The van der Waals surface area contributed by atoms with E-state index in [0.29, 0.717) is 37.7 Å². The molecule has 0 saturated heterocycles. The van der Waals surface area contributed by atoms with Crippen molar-refractivity contribution >= 4 is 17.8 Å². The lowest BCUT2D eigenvalue weighted by Crippen LogP contribution is -2.16. The van der Waals surface area contributed by atoms with Gasteiger partial charge in [-0.15, -0.1) is 0 Å². The second kappa shape index (κ2) is 7.81. The summed E-state index contributed by atoms with van der Waals surface area (Å²) in [6.07, 6.45) is 6.90. The lowest BCUT2D eigenvalue weighted by molar-refractivity contribution is -0.119. The Morgan fingerprint density at radius 1 is 1.13 bits per heavy atom. The van der Waals surface area contributed by atoms with E-state index in [1.54, 1.807) is 13.0 Å². The second-order valence-electron chi connectivity index (χ2n) is 5.87. The number of carbonyl (C=O) groups excluding carboxylic acids is 2. The quantitative estimate of drug-likeness (QED) is 0.559. The summed E-state index contributed by atoms with van der Waals surface area (Å²) in [6.45, 7) is 1.77. The lowest BCUT2D eigenvalue weighted by Gasteiger charge is -2.15. The van der Waals surface area contributed by atoms with Crippen molar-refractivity contribution in [1.82, 2.24) is 0 Å². The van der Waals surface area contributed by atoms with Crippen molar-refractivity contribution in [2.45, 2.75) is 51.6 Å². The molecule has 1 aliphatic heterocycles. The van der Waals surface area contributed by atoms with Crippen LogP contribution in [0.4, 0.5) is 0 Å². The molecule has 0 amide bonds. The number of phenolic OH excluding ortho intramolecular Hbond substituents is 2. The van der Waals surface area contributed by atoms with Crippen LogP contribution in [0.1, 0.15) is 61.4 Å². The fraction of sp³-hybridized carbons (Fsp3) is 0.444. The third kappa shape index (κ3) is 4.84. The van der Waals surface area contributed by atoms with Gasteiger partial charge in [0.15, 0.2) is 0 Å². The molecule has 0 radical (unpaired) electrons. The van der Waals surface area contributed by atoms with Crippen molar-refractivity contribution in [3.05, 3.63) is 29.3 Å². The van der Waals surface area contributed by atoms with Gasteiger partial charge in [0.2, 0.25) is 0 Å². The first-order valence-corrected chi connectivity index (χ1v) is 7.92. The number of allylic oxidation sites excluding steroid dienone is 1. The van der Waals surface area contributed by atoms with Gasteiger partial charge in [-0.3, -0.25) is 4.79 Å². The molecule has 0 saturated carbocycles. The van der Waals surface area contributed by atoms with Crippen LogP contribution < -0.4 is 0 Å². The summed E-state index contributed by atoms with van der Waals surface area (Å²) in [5.74, 6) is -0.824. The van der Waals surface area contributed by atoms with Gasteiger partial charge in [0.05, 0.1) is 6.10 Å². The van der Waals surface area contributed by atoms with Gasteiger partial charge in [-0.05, 0) is 44.2 Å². The summed E-state index contributed by atoms with van der Waals surface area (Å²) in [4.78, 5) is 24.0. The van der Waals surface area contributed by atoms with Crippen LogP contribution in [0.25, 0.3) is 6.08 Å². The summed E-state index contributed by atoms with van der Waals surface area (Å²) < 4.78 is 5.35. The number of ketones is 1. The van der Waals surface area contributed by atoms with Crippen LogP contribution in [-0.2, 0) is 9.53 Å². The Hall–Kier alpha value is -2.30. The van der Waals surface area contributed by atoms with Crippen LogP contribution in [0.2, 0.25) is 0 Å². The number of Topliss-reactive ketones (excluding diaryl/α,β-unsaturated/α-hetero) is 1. The number of cyclic esters (lactones) is 1. The van der Waals surface area contributed by atoms with Gasteiger partial charge >= 0.3 is 5.97 Å². The molecule has 0 spiro atoms. The Bertz CT molecular complexity index is 618. The van der Waals surface area contributed by atoms with Gasteiger partial charge in [0.25, 0.3) is 0 Å². The zero-order valence-corrected chi connectivity index (χ0v) is 13.2.